The average molecular weight is 288 g/mol. The average Bonchev–Trinajstić information content (AvgIpc) is 2.47. The van der Waals surface area contributed by atoms with Gasteiger partial charge in [-0.1, -0.05) is 0 Å². The molecule has 8 heteroatoms. The van der Waals surface area contributed by atoms with Crippen LogP contribution in [0.2, 0.25) is 0 Å². The number of rotatable bonds is 4. The summed E-state index contributed by atoms with van der Waals surface area (Å²) in [6, 6.07) is 6.91. The number of ether oxygens (including phenoxy) is 1. The topological polar surface area (TPSA) is 120 Å². The van der Waals surface area contributed by atoms with Crippen LogP contribution in [0.1, 0.15) is 10.4 Å². The van der Waals surface area contributed by atoms with Gasteiger partial charge in [0, 0.05) is 18.3 Å². The summed E-state index contributed by atoms with van der Waals surface area (Å²) >= 11 is 0. The number of methoxy groups -OCH3 is 1. The number of carbonyl (C=O) groups excluding carboxylic acids is 1. The van der Waals surface area contributed by atoms with Crippen molar-refractivity contribution in [3.05, 3.63) is 52.2 Å². The number of nitrogens with two attached hydrogens (primary N) is 1. The number of benzene rings is 1. The van der Waals surface area contributed by atoms with Crippen LogP contribution in [0.4, 0.5) is 17.2 Å². The van der Waals surface area contributed by atoms with Crippen molar-refractivity contribution in [1.29, 1.82) is 0 Å². The summed E-state index contributed by atoms with van der Waals surface area (Å²) in [6.45, 7) is 0. The minimum atomic E-state index is -0.556. The van der Waals surface area contributed by atoms with E-state index in [2.05, 4.69) is 10.3 Å². The molecule has 0 fully saturated rings. The number of amides is 1. The first kappa shape index (κ1) is 14.3. The predicted molar refractivity (Wildman–Crippen MR) is 76.3 cm³/mol. The van der Waals surface area contributed by atoms with Crippen molar-refractivity contribution in [2.75, 3.05) is 18.2 Å². The highest BCUT2D eigenvalue weighted by Gasteiger charge is 2.14. The number of nitro groups is 1. The van der Waals surface area contributed by atoms with Gasteiger partial charge >= 0.3 is 0 Å². The van der Waals surface area contributed by atoms with Crippen molar-refractivity contribution in [2.24, 2.45) is 0 Å². The van der Waals surface area contributed by atoms with Gasteiger partial charge in [-0.25, -0.2) is 4.98 Å². The molecule has 1 heterocycles. The van der Waals surface area contributed by atoms with Crippen molar-refractivity contribution >= 4 is 23.1 Å². The molecule has 3 N–H and O–H groups in total. The van der Waals surface area contributed by atoms with Gasteiger partial charge in [-0.05, 0) is 18.2 Å². The van der Waals surface area contributed by atoms with Gasteiger partial charge in [-0.2, -0.15) is 0 Å². The fraction of sp³-hybridized carbons (Fsp3) is 0.0769. The largest absolute Gasteiger partial charge is 0.495 e. The summed E-state index contributed by atoms with van der Waals surface area (Å²) in [5.41, 5.74) is 5.77. The van der Waals surface area contributed by atoms with E-state index in [1.807, 2.05) is 0 Å². The lowest BCUT2D eigenvalue weighted by molar-refractivity contribution is -0.384. The fourth-order valence-electron chi connectivity index (χ4n) is 1.64. The van der Waals surface area contributed by atoms with Gasteiger partial charge in [0.05, 0.1) is 23.3 Å². The van der Waals surface area contributed by atoms with E-state index in [0.29, 0.717) is 11.6 Å². The molecule has 1 aromatic carbocycles. The molecule has 0 aliphatic rings. The molecule has 21 heavy (non-hydrogen) atoms. The molecule has 2 rings (SSSR count). The number of nitrogen functional groups attached to an aromatic ring is 1. The maximum Gasteiger partial charge on any atom is 0.271 e. The van der Waals surface area contributed by atoms with Crippen LogP contribution in [0.3, 0.4) is 0 Å². The Labute approximate surface area is 119 Å². The normalized spacial score (nSPS) is 9.95. The summed E-state index contributed by atoms with van der Waals surface area (Å²) in [6.07, 6.45) is 1.31. The maximum absolute atomic E-state index is 12.1. The van der Waals surface area contributed by atoms with Gasteiger partial charge < -0.3 is 15.8 Å². The summed E-state index contributed by atoms with van der Waals surface area (Å²) < 4.78 is 5.06. The number of nitrogens with zero attached hydrogens (tertiary/aromatic N) is 2. The van der Waals surface area contributed by atoms with Crippen LogP contribution in [0.5, 0.6) is 5.75 Å². The number of nitro benzene ring substituents is 1. The third kappa shape index (κ3) is 3.24. The highest BCUT2D eigenvalue weighted by atomic mass is 16.6. The second-order valence-corrected chi connectivity index (χ2v) is 4.07. The molecule has 108 valence electrons. The number of carbonyl (C=O) groups is 1. The van der Waals surface area contributed by atoms with Gasteiger partial charge in [0.25, 0.3) is 11.6 Å². The molecule has 0 aliphatic heterocycles. The number of hydrogen-bond donors (Lipinski definition) is 2. The Morgan fingerprint density at radius 3 is 2.71 bits per heavy atom. The van der Waals surface area contributed by atoms with E-state index in [9.17, 15) is 14.9 Å². The number of hydrogen-bond acceptors (Lipinski definition) is 6. The highest BCUT2D eigenvalue weighted by molar-refractivity contribution is 6.05. The van der Waals surface area contributed by atoms with E-state index >= 15 is 0 Å². The zero-order chi connectivity index (χ0) is 15.4. The Bertz CT molecular complexity index is 685. The molecule has 0 saturated carbocycles. The van der Waals surface area contributed by atoms with Gasteiger partial charge in [0.2, 0.25) is 0 Å². The Morgan fingerprint density at radius 1 is 1.38 bits per heavy atom. The molecular weight excluding hydrogens is 276 g/mol. The first-order valence-electron chi connectivity index (χ1n) is 5.86. The quantitative estimate of drug-likeness (QED) is 0.654. The number of nitrogens with one attached hydrogen (secondary N) is 1. The van der Waals surface area contributed by atoms with Crippen LogP contribution in [0, 0.1) is 10.1 Å². The molecule has 0 unspecified atom stereocenters. The first-order valence-corrected chi connectivity index (χ1v) is 5.86. The minimum absolute atomic E-state index is 0.151. The van der Waals surface area contributed by atoms with E-state index in [4.69, 9.17) is 10.5 Å². The van der Waals surface area contributed by atoms with Gasteiger partial charge in [-0.15, -0.1) is 0 Å². The van der Waals surface area contributed by atoms with Crippen LogP contribution in [0.15, 0.2) is 36.5 Å². The SMILES string of the molecule is COc1ccc([N+](=O)[O-])cc1NC(=O)c1ccc(N)nc1. The minimum Gasteiger partial charge on any atom is -0.495 e. The van der Waals surface area contributed by atoms with Crippen molar-refractivity contribution in [3.8, 4) is 5.75 Å². The lowest BCUT2D eigenvalue weighted by atomic mass is 10.2. The Kier molecular flexibility index (Phi) is 3.98. The van der Waals surface area contributed by atoms with Crippen molar-refractivity contribution in [1.82, 2.24) is 4.98 Å². The summed E-state index contributed by atoms with van der Waals surface area (Å²) in [4.78, 5) is 26.1. The van der Waals surface area contributed by atoms with Crippen LogP contribution in [-0.2, 0) is 0 Å². The molecule has 2 aromatic rings. The second-order valence-electron chi connectivity index (χ2n) is 4.07. The maximum atomic E-state index is 12.1. The second kappa shape index (κ2) is 5.87. The fourth-order valence-corrected chi connectivity index (χ4v) is 1.64. The monoisotopic (exact) mass is 288 g/mol. The smallest absolute Gasteiger partial charge is 0.271 e. The molecular formula is C13H12N4O4. The lowest BCUT2D eigenvalue weighted by Gasteiger charge is -2.09. The van der Waals surface area contributed by atoms with E-state index in [1.165, 1.54) is 43.6 Å². The molecule has 1 amide bonds. The zero-order valence-electron chi connectivity index (χ0n) is 11.1. The molecule has 8 nitrogen and oxygen atoms in total. The molecule has 0 aliphatic carbocycles. The van der Waals surface area contributed by atoms with E-state index in [0.717, 1.165) is 0 Å². The van der Waals surface area contributed by atoms with Crippen LogP contribution < -0.4 is 15.8 Å². The van der Waals surface area contributed by atoms with Gasteiger partial charge in [-0.3, -0.25) is 14.9 Å². The van der Waals surface area contributed by atoms with Crippen molar-refractivity contribution < 1.29 is 14.5 Å². The number of aromatic nitrogens is 1. The molecule has 0 atom stereocenters. The van der Waals surface area contributed by atoms with Crippen LogP contribution in [-0.4, -0.2) is 22.9 Å². The summed E-state index contributed by atoms with van der Waals surface area (Å²) in [5.74, 6) is 0.137. The lowest BCUT2D eigenvalue weighted by Crippen LogP contribution is -2.13. The Hall–Kier alpha value is -3.16. The molecule has 0 spiro atoms. The van der Waals surface area contributed by atoms with E-state index in [1.54, 1.807) is 0 Å². The zero-order valence-corrected chi connectivity index (χ0v) is 11.1. The summed E-state index contributed by atoms with van der Waals surface area (Å²) in [5, 5.41) is 13.3. The van der Waals surface area contributed by atoms with Crippen molar-refractivity contribution in [3.63, 3.8) is 0 Å². The standard InChI is InChI=1S/C13H12N4O4/c1-21-11-4-3-9(17(19)20)6-10(11)16-13(18)8-2-5-12(14)15-7-8/h2-7H,1H3,(H2,14,15)(H,16,18). The van der Waals surface area contributed by atoms with E-state index < -0.39 is 10.8 Å². The van der Waals surface area contributed by atoms with Crippen molar-refractivity contribution in [2.45, 2.75) is 0 Å². The molecule has 0 bridgehead atoms. The van der Waals surface area contributed by atoms with Gasteiger partial charge in [0.15, 0.2) is 0 Å². The highest BCUT2D eigenvalue weighted by Crippen LogP contribution is 2.29. The molecule has 1 aromatic heterocycles. The predicted octanol–water partition coefficient (Wildman–Crippen LogP) is 1.83. The van der Waals surface area contributed by atoms with Crippen LogP contribution in [0.25, 0.3) is 0 Å². The third-order valence-electron chi connectivity index (χ3n) is 2.69. The third-order valence-corrected chi connectivity index (χ3v) is 2.69. The summed E-state index contributed by atoms with van der Waals surface area (Å²) in [7, 11) is 1.40. The number of non-ortho nitro benzene ring substituents is 1. The Morgan fingerprint density at radius 2 is 2.14 bits per heavy atom. The molecule has 0 saturated heterocycles. The number of anilines is 2. The van der Waals surface area contributed by atoms with Gasteiger partial charge in [0.1, 0.15) is 11.6 Å². The first-order chi connectivity index (χ1) is 10.0. The Balaban J connectivity index is 2.29. The number of pyridine rings is 1. The van der Waals surface area contributed by atoms with Crippen LogP contribution >= 0.6 is 0 Å². The molecule has 0 radical (unpaired) electrons. The van der Waals surface area contributed by atoms with E-state index in [-0.39, 0.29) is 16.9 Å².